The number of hydrogen-bond acceptors (Lipinski definition) is 5. The van der Waals surface area contributed by atoms with Crippen LogP contribution in [0.15, 0.2) is 33.9 Å². The van der Waals surface area contributed by atoms with E-state index in [1.807, 2.05) is 18.2 Å². The minimum absolute atomic E-state index is 0.355. The van der Waals surface area contributed by atoms with Crippen LogP contribution in [-0.2, 0) is 4.79 Å². The van der Waals surface area contributed by atoms with E-state index in [1.54, 1.807) is 6.07 Å². The second kappa shape index (κ2) is 3.94. The Kier molecular flexibility index (Phi) is 2.64. The summed E-state index contributed by atoms with van der Waals surface area (Å²) in [7, 11) is 0. The number of carbonyl (C=O) groups excluding carboxylic acids is 1. The number of aliphatic carboxylic acids is 1. The van der Waals surface area contributed by atoms with Crippen molar-refractivity contribution in [3.63, 3.8) is 0 Å². The summed E-state index contributed by atoms with van der Waals surface area (Å²) in [4.78, 5) is 14.7. The van der Waals surface area contributed by atoms with E-state index in [1.165, 1.54) is 6.92 Å². The molecule has 4 nitrogen and oxygen atoms in total. The van der Waals surface area contributed by atoms with Crippen molar-refractivity contribution in [3.8, 4) is 0 Å². The molecule has 2 aromatic rings. The maximum absolute atomic E-state index is 10.5. The smallest absolute Gasteiger partial charge is 0.257 e. The maximum Gasteiger partial charge on any atom is 0.257 e. The third-order valence-corrected chi connectivity index (χ3v) is 2.81. The first kappa shape index (κ1) is 10.0. The minimum atomic E-state index is -1.12. The number of aromatic nitrogens is 1. The topological polar surface area (TPSA) is 66.2 Å². The van der Waals surface area contributed by atoms with Crippen LogP contribution in [0.25, 0.3) is 11.1 Å². The number of rotatable bonds is 3. The average molecular weight is 222 g/mol. The summed E-state index contributed by atoms with van der Waals surface area (Å²) in [5.74, 6) is -1.12. The number of fused-ring (bicyclic) bond motifs is 1. The molecule has 0 N–H and O–H groups in total. The molecule has 1 heterocycles. The summed E-state index contributed by atoms with van der Waals surface area (Å²) in [5.41, 5.74) is 1.39. The average Bonchev–Trinajstić information content (AvgIpc) is 2.59. The molecule has 15 heavy (non-hydrogen) atoms. The molecule has 5 heteroatoms. The SMILES string of the molecule is C[C@@H](Sc1nc2ccccc2o1)C(=O)[O-]. The van der Waals surface area contributed by atoms with Gasteiger partial charge < -0.3 is 14.3 Å². The van der Waals surface area contributed by atoms with Crippen LogP contribution in [0, 0.1) is 0 Å². The molecular weight excluding hydrogens is 214 g/mol. The lowest BCUT2D eigenvalue weighted by atomic mass is 10.3. The number of carbonyl (C=O) groups is 1. The Bertz CT molecular complexity index is 461. The molecule has 0 saturated carbocycles. The molecule has 0 unspecified atom stereocenters. The zero-order valence-electron chi connectivity index (χ0n) is 7.97. The number of benzene rings is 1. The number of carboxylic acid groups (broad SMARTS) is 1. The van der Waals surface area contributed by atoms with Crippen molar-refractivity contribution >= 4 is 28.8 Å². The normalized spacial score (nSPS) is 12.9. The van der Waals surface area contributed by atoms with Crippen LogP contribution < -0.4 is 5.11 Å². The van der Waals surface area contributed by atoms with Gasteiger partial charge in [0.25, 0.3) is 5.22 Å². The standard InChI is InChI=1S/C10H9NO3S/c1-6(9(12)13)15-10-11-7-4-2-3-5-8(7)14-10/h2-6H,1H3,(H,12,13)/p-1/t6-/m1/s1. The van der Waals surface area contributed by atoms with Gasteiger partial charge in [-0.2, -0.15) is 0 Å². The summed E-state index contributed by atoms with van der Waals surface area (Å²) >= 11 is 1.04. The molecule has 1 atom stereocenters. The van der Waals surface area contributed by atoms with Crippen molar-refractivity contribution in [1.82, 2.24) is 4.98 Å². The van der Waals surface area contributed by atoms with E-state index in [4.69, 9.17) is 4.42 Å². The van der Waals surface area contributed by atoms with Gasteiger partial charge in [0, 0.05) is 0 Å². The Hall–Kier alpha value is -1.49. The molecule has 0 spiro atoms. The Labute approximate surface area is 90.3 Å². The first-order valence-electron chi connectivity index (χ1n) is 4.40. The van der Waals surface area contributed by atoms with Crippen LogP contribution in [0.5, 0.6) is 0 Å². The van der Waals surface area contributed by atoms with E-state index in [-0.39, 0.29) is 0 Å². The highest BCUT2D eigenvalue weighted by molar-refractivity contribution is 8.00. The Morgan fingerprint density at radius 2 is 2.27 bits per heavy atom. The van der Waals surface area contributed by atoms with Crippen LogP contribution in [0.2, 0.25) is 0 Å². The van der Waals surface area contributed by atoms with Gasteiger partial charge in [-0.3, -0.25) is 0 Å². The fourth-order valence-corrected chi connectivity index (χ4v) is 1.79. The Morgan fingerprint density at radius 1 is 1.53 bits per heavy atom. The van der Waals surface area contributed by atoms with E-state index in [2.05, 4.69) is 4.98 Å². The van der Waals surface area contributed by atoms with E-state index in [0.717, 1.165) is 17.3 Å². The predicted molar refractivity (Wildman–Crippen MR) is 54.3 cm³/mol. The highest BCUT2D eigenvalue weighted by Crippen LogP contribution is 2.26. The van der Waals surface area contributed by atoms with Crippen molar-refractivity contribution in [2.45, 2.75) is 17.4 Å². The highest BCUT2D eigenvalue weighted by Gasteiger charge is 2.11. The summed E-state index contributed by atoms with van der Waals surface area (Å²) in [6, 6.07) is 7.29. The predicted octanol–water partition coefficient (Wildman–Crippen LogP) is 1.06. The molecular formula is C10H8NO3S-. The van der Waals surface area contributed by atoms with Gasteiger partial charge in [0.1, 0.15) is 5.52 Å². The van der Waals surface area contributed by atoms with Crippen LogP contribution in [0.4, 0.5) is 0 Å². The molecule has 0 radical (unpaired) electrons. The summed E-state index contributed by atoms with van der Waals surface area (Å²) < 4.78 is 5.35. The second-order valence-corrected chi connectivity index (χ2v) is 4.32. The van der Waals surface area contributed by atoms with Gasteiger partial charge in [0.15, 0.2) is 5.58 Å². The summed E-state index contributed by atoms with van der Waals surface area (Å²) in [6.07, 6.45) is 0. The molecule has 0 aliphatic heterocycles. The fraction of sp³-hybridized carbons (Fsp3) is 0.200. The van der Waals surface area contributed by atoms with Crippen LogP contribution in [0.1, 0.15) is 6.92 Å². The first-order chi connectivity index (χ1) is 7.16. The number of para-hydroxylation sites is 2. The van der Waals surface area contributed by atoms with Gasteiger partial charge >= 0.3 is 0 Å². The fourth-order valence-electron chi connectivity index (χ4n) is 1.10. The third kappa shape index (κ3) is 2.12. The van der Waals surface area contributed by atoms with Crippen molar-refractivity contribution in [2.24, 2.45) is 0 Å². The van der Waals surface area contributed by atoms with Crippen molar-refractivity contribution in [2.75, 3.05) is 0 Å². The van der Waals surface area contributed by atoms with Gasteiger partial charge in [-0.25, -0.2) is 4.98 Å². The molecule has 1 aromatic carbocycles. The number of carboxylic acids is 1. The van der Waals surface area contributed by atoms with Crippen molar-refractivity contribution < 1.29 is 14.3 Å². The van der Waals surface area contributed by atoms with Crippen LogP contribution >= 0.6 is 11.8 Å². The van der Waals surface area contributed by atoms with E-state index >= 15 is 0 Å². The molecule has 0 aliphatic carbocycles. The first-order valence-corrected chi connectivity index (χ1v) is 5.28. The van der Waals surface area contributed by atoms with Gasteiger partial charge in [0.05, 0.1) is 11.2 Å². The van der Waals surface area contributed by atoms with Crippen molar-refractivity contribution in [3.05, 3.63) is 24.3 Å². The number of hydrogen-bond donors (Lipinski definition) is 0. The molecule has 78 valence electrons. The molecule has 2 rings (SSSR count). The van der Waals surface area contributed by atoms with E-state index < -0.39 is 11.2 Å². The molecule has 0 bridgehead atoms. The van der Waals surface area contributed by atoms with Crippen molar-refractivity contribution in [1.29, 1.82) is 0 Å². The van der Waals surface area contributed by atoms with Gasteiger partial charge in [-0.15, -0.1) is 0 Å². The highest BCUT2D eigenvalue weighted by atomic mass is 32.2. The van der Waals surface area contributed by atoms with Crippen LogP contribution in [-0.4, -0.2) is 16.2 Å². The number of oxazole rings is 1. The second-order valence-electron chi connectivity index (χ2n) is 3.03. The van der Waals surface area contributed by atoms with E-state index in [0.29, 0.717) is 10.8 Å². The summed E-state index contributed by atoms with van der Waals surface area (Å²) in [5, 5.41) is 10.2. The van der Waals surface area contributed by atoms with Gasteiger partial charge in [0.2, 0.25) is 0 Å². The van der Waals surface area contributed by atoms with Gasteiger partial charge in [-0.1, -0.05) is 23.9 Å². The Balaban J connectivity index is 2.26. The van der Waals surface area contributed by atoms with E-state index in [9.17, 15) is 9.90 Å². The van der Waals surface area contributed by atoms with Gasteiger partial charge in [-0.05, 0) is 19.1 Å². The molecule has 0 fully saturated rings. The third-order valence-electron chi connectivity index (χ3n) is 1.88. The number of nitrogens with zero attached hydrogens (tertiary/aromatic N) is 1. The largest absolute Gasteiger partial charge is 0.549 e. The molecule has 0 aliphatic rings. The quantitative estimate of drug-likeness (QED) is 0.726. The summed E-state index contributed by atoms with van der Waals surface area (Å²) in [6.45, 7) is 1.54. The lowest BCUT2D eigenvalue weighted by molar-refractivity contribution is -0.304. The minimum Gasteiger partial charge on any atom is -0.549 e. The zero-order valence-corrected chi connectivity index (χ0v) is 8.78. The zero-order chi connectivity index (χ0) is 10.8. The maximum atomic E-state index is 10.5. The monoisotopic (exact) mass is 222 g/mol. The van der Waals surface area contributed by atoms with Crippen LogP contribution in [0.3, 0.4) is 0 Å². The lowest BCUT2D eigenvalue weighted by Gasteiger charge is -2.07. The lowest BCUT2D eigenvalue weighted by Crippen LogP contribution is -2.31. The molecule has 0 amide bonds. The number of thioether (sulfide) groups is 1. The Morgan fingerprint density at radius 3 is 2.93 bits per heavy atom. The molecule has 0 saturated heterocycles. The molecule has 1 aromatic heterocycles.